The molecule has 0 aromatic heterocycles. The summed E-state index contributed by atoms with van der Waals surface area (Å²) in [4.78, 5) is 14.5. The Bertz CT molecular complexity index is 508. The Kier molecular flexibility index (Phi) is 11.7. The van der Waals surface area contributed by atoms with E-state index >= 15 is 0 Å². The van der Waals surface area contributed by atoms with E-state index in [1.165, 1.54) is 0 Å². The Labute approximate surface area is 167 Å². The van der Waals surface area contributed by atoms with E-state index in [4.69, 9.17) is 22.1 Å². The largest absolute Gasteiger partial charge is 0.379 e. The van der Waals surface area contributed by atoms with Gasteiger partial charge in [0.05, 0.1) is 19.3 Å². The maximum Gasteiger partial charge on any atom is 0.224 e. The lowest BCUT2D eigenvalue weighted by Gasteiger charge is -2.35. The fourth-order valence-corrected chi connectivity index (χ4v) is 2.75. The quantitative estimate of drug-likeness (QED) is 0.754. The molecule has 8 heteroatoms. The molecule has 3 N–H and O–H groups in total. The number of hydrogen-bond donors (Lipinski definition) is 2. The molecule has 1 amide bonds. The van der Waals surface area contributed by atoms with Gasteiger partial charge in [-0.15, -0.1) is 24.8 Å². The summed E-state index contributed by atoms with van der Waals surface area (Å²) in [6, 6.07) is 7.76. The number of hydrogen-bond acceptors (Lipinski definition) is 4. The molecule has 1 saturated heterocycles. The molecular weight excluding hydrogens is 385 g/mol. The number of nitrogens with two attached hydrogens (primary N) is 1. The minimum atomic E-state index is -0.203. The van der Waals surface area contributed by atoms with Crippen LogP contribution in [0.4, 0.5) is 0 Å². The van der Waals surface area contributed by atoms with Crippen molar-refractivity contribution in [2.45, 2.75) is 25.9 Å². The van der Waals surface area contributed by atoms with Crippen LogP contribution in [0.3, 0.4) is 0 Å². The van der Waals surface area contributed by atoms with Crippen LogP contribution in [0, 0.1) is 5.92 Å². The highest BCUT2D eigenvalue weighted by atomic mass is 35.5. The van der Waals surface area contributed by atoms with Gasteiger partial charge in [-0.2, -0.15) is 0 Å². The van der Waals surface area contributed by atoms with Crippen LogP contribution in [0.5, 0.6) is 0 Å². The summed E-state index contributed by atoms with van der Waals surface area (Å²) in [6.45, 7) is 7.40. The normalized spacial score (nSPS) is 18.2. The fraction of sp³-hybridized carbons (Fsp3) is 0.588. The van der Waals surface area contributed by atoms with Crippen molar-refractivity contribution in [1.29, 1.82) is 0 Å². The summed E-state index contributed by atoms with van der Waals surface area (Å²) >= 11 is 5.99. The highest BCUT2D eigenvalue weighted by molar-refractivity contribution is 6.30. The molecule has 0 bridgehead atoms. The maximum atomic E-state index is 12.2. The molecule has 0 radical (unpaired) electrons. The number of benzene rings is 1. The standard InChI is InChI=1S/C17H26ClN3O2.2ClH/c1-12(13(2)19)17(22)20-11-16(21-7-9-23-10-8-21)14-3-5-15(18)6-4-14;;/h3-6,12-13,16H,7-11,19H2,1-2H3,(H,20,22);2*1H. The molecule has 25 heavy (non-hydrogen) atoms. The van der Waals surface area contributed by atoms with Crippen molar-refractivity contribution in [2.24, 2.45) is 11.7 Å². The van der Waals surface area contributed by atoms with E-state index < -0.39 is 0 Å². The summed E-state index contributed by atoms with van der Waals surface area (Å²) < 4.78 is 5.43. The summed E-state index contributed by atoms with van der Waals surface area (Å²) in [5.74, 6) is -0.210. The van der Waals surface area contributed by atoms with E-state index in [0.717, 1.165) is 18.7 Å². The van der Waals surface area contributed by atoms with Crippen LogP contribution in [-0.4, -0.2) is 49.7 Å². The van der Waals surface area contributed by atoms with Gasteiger partial charge in [0.2, 0.25) is 5.91 Å². The van der Waals surface area contributed by atoms with Gasteiger partial charge in [-0.25, -0.2) is 0 Å². The molecule has 0 spiro atoms. The molecule has 144 valence electrons. The van der Waals surface area contributed by atoms with Crippen molar-refractivity contribution >= 4 is 42.3 Å². The second kappa shape index (κ2) is 11.9. The van der Waals surface area contributed by atoms with Crippen LogP contribution in [0.1, 0.15) is 25.5 Å². The Hall–Kier alpha value is -0.560. The first-order valence-electron chi connectivity index (χ1n) is 8.09. The third-order valence-corrected chi connectivity index (χ3v) is 4.67. The molecule has 1 fully saturated rings. The van der Waals surface area contributed by atoms with Gasteiger partial charge in [-0.1, -0.05) is 30.7 Å². The van der Waals surface area contributed by atoms with Gasteiger partial charge in [-0.05, 0) is 24.6 Å². The summed E-state index contributed by atoms with van der Waals surface area (Å²) in [6.07, 6.45) is 0. The number of carbonyl (C=O) groups is 1. The first-order valence-corrected chi connectivity index (χ1v) is 8.47. The minimum Gasteiger partial charge on any atom is -0.379 e. The summed E-state index contributed by atoms with van der Waals surface area (Å²) in [7, 11) is 0. The zero-order chi connectivity index (χ0) is 16.8. The average Bonchev–Trinajstić information content (AvgIpc) is 2.56. The van der Waals surface area contributed by atoms with Crippen molar-refractivity contribution < 1.29 is 9.53 Å². The van der Waals surface area contributed by atoms with Crippen LogP contribution in [0.2, 0.25) is 5.02 Å². The smallest absolute Gasteiger partial charge is 0.224 e. The molecule has 1 aliphatic rings. The average molecular weight is 413 g/mol. The Morgan fingerprint density at radius 1 is 1.24 bits per heavy atom. The number of carbonyl (C=O) groups excluding carboxylic acids is 1. The van der Waals surface area contributed by atoms with Gasteiger partial charge in [0.1, 0.15) is 0 Å². The number of rotatable bonds is 6. The monoisotopic (exact) mass is 411 g/mol. The minimum absolute atomic E-state index is 0. The molecule has 1 heterocycles. The van der Waals surface area contributed by atoms with Crippen LogP contribution in [0.25, 0.3) is 0 Å². The molecule has 0 saturated carbocycles. The van der Waals surface area contributed by atoms with Gasteiger partial charge in [-0.3, -0.25) is 9.69 Å². The highest BCUT2D eigenvalue weighted by Gasteiger charge is 2.24. The number of nitrogens with one attached hydrogen (secondary N) is 1. The van der Waals surface area contributed by atoms with Gasteiger partial charge < -0.3 is 15.8 Å². The molecule has 3 atom stereocenters. The predicted octanol–water partition coefficient (Wildman–Crippen LogP) is 2.66. The Morgan fingerprint density at radius 2 is 1.80 bits per heavy atom. The molecule has 2 rings (SSSR count). The van der Waals surface area contributed by atoms with Crippen molar-refractivity contribution in [3.63, 3.8) is 0 Å². The lowest BCUT2D eigenvalue weighted by molar-refractivity contribution is -0.125. The van der Waals surface area contributed by atoms with E-state index in [-0.39, 0.29) is 48.7 Å². The van der Waals surface area contributed by atoms with Gasteiger partial charge in [0, 0.05) is 36.6 Å². The molecule has 1 aliphatic heterocycles. The van der Waals surface area contributed by atoms with E-state index in [1.54, 1.807) is 0 Å². The third kappa shape index (κ3) is 7.29. The fourth-order valence-electron chi connectivity index (χ4n) is 2.63. The molecule has 3 unspecified atom stereocenters. The lowest BCUT2D eigenvalue weighted by Crippen LogP contribution is -2.46. The molecule has 1 aromatic rings. The van der Waals surface area contributed by atoms with Crippen molar-refractivity contribution in [2.75, 3.05) is 32.8 Å². The number of nitrogens with zero attached hydrogens (tertiary/aromatic N) is 1. The second-order valence-corrected chi connectivity index (χ2v) is 6.55. The second-order valence-electron chi connectivity index (χ2n) is 6.11. The van der Waals surface area contributed by atoms with Gasteiger partial charge in [0.15, 0.2) is 0 Å². The molecule has 0 aliphatic carbocycles. The third-order valence-electron chi connectivity index (χ3n) is 4.41. The Morgan fingerprint density at radius 3 is 2.32 bits per heavy atom. The number of amides is 1. The first kappa shape index (κ1) is 24.4. The van der Waals surface area contributed by atoms with Crippen LogP contribution >= 0.6 is 36.4 Å². The zero-order valence-corrected chi connectivity index (χ0v) is 17.0. The molecule has 5 nitrogen and oxygen atoms in total. The lowest BCUT2D eigenvalue weighted by atomic mass is 10.0. The van der Waals surface area contributed by atoms with Crippen LogP contribution in [0.15, 0.2) is 24.3 Å². The topological polar surface area (TPSA) is 67.6 Å². The first-order chi connectivity index (χ1) is 11.0. The van der Waals surface area contributed by atoms with E-state index in [9.17, 15) is 4.79 Å². The highest BCUT2D eigenvalue weighted by Crippen LogP contribution is 2.23. The predicted molar refractivity (Wildman–Crippen MR) is 107 cm³/mol. The number of halogens is 3. The van der Waals surface area contributed by atoms with Gasteiger partial charge in [0.25, 0.3) is 0 Å². The van der Waals surface area contributed by atoms with Gasteiger partial charge >= 0.3 is 0 Å². The van der Waals surface area contributed by atoms with Crippen LogP contribution < -0.4 is 11.1 Å². The zero-order valence-electron chi connectivity index (χ0n) is 14.6. The number of ether oxygens (including phenoxy) is 1. The van der Waals surface area contributed by atoms with Crippen molar-refractivity contribution in [3.8, 4) is 0 Å². The summed E-state index contributed by atoms with van der Waals surface area (Å²) in [5, 5.41) is 3.75. The van der Waals surface area contributed by atoms with Crippen molar-refractivity contribution in [1.82, 2.24) is 10.2 Å². The maximum absolute atomic E-state index is 12.2. The number of morpholine rings is 1. The Balaban J connectivity index is 0.00000288. The van der Waals surface area contributed by atoms with Crippen molar-refractivity contribution in [3.05, 3.63) is 34.9 Å². The van der Waals surface area contributed by atoms with E-state index in [0.29, 0.717) is 24.8 Å². The molecular formula is C17H28Cl3N3O2. The van der Waals surface area contributed by atoms with E-state index in [2.05, 4.69) is 10.2 Å². The SMILES string of the molecule is CC(N)C(C)C(=O)NCC(c1ccc(Cl)cc1)N1CCOCC1.Cl.Cl. The summed E-state index contributed by atoms with van der Waals surface area (Å²) in [5.41, 5.74) is 6.95. The van der Waals surface area contributed by atoms with Crippen LogP contribution in [-0.2, 0) is 9.53 Å². The molecule has 1 aromatic carbocycles. The van der Waals surface area contributed by atoms with E-state index in [1.807, 2.05) is 38.1 Å².